The number of rotatable bonds is 8. The van der Waals surface area contributed by atoms with Crippen molar-refractivity contribution in [2.45, 2.75) is 64.9 Å². The molecule has 0 radical (unpaired) electrons. The van der Waals surface area contributed by atoms with Gasteiger partial charge in [0.05, 0.1) is 6.10 Å². The van der Waals surface area contributed by atoms with Gasteiger partial charge in [-0.15, -0.1) is 0 Å². The lowest BCUT2D eigenvalue weighted by Gasteiger charge is -2.32. The maximum Gasteiger partial charge on any atom is 0.0576 e. The molecule has 0 aromatic heterocycles. The van der Waals surface area contributed by atoms with Crippen LogP contribution < -0.4 is 5.32 Å². The molecule has 16 heavy (non-hydrogen) atoms. The minimum Gasteiger partial charge on any atom is -0.378 e. The van der Waals surface area contributed by atoms with Gasteiger partial charge in [0.15, 0.2) is 0 Å². The van der Waals surface area contributed by atoms with Crippen molar-refractivity contribution in [1.29, 1.82) is 0 Å². The molecule has 1 rings (SSSR count). The predicted octanol–water partition coefficient (Wildman–Crippen LogP) is 3.36. The Labute approximate surface area is 101 Å². The van der Waals surface area contributed by atoms with E-state index in [0.717, 1.165) is 13.2 Å². The number of hydrogen-bond donors (Lipinski definition) is 1. The monoisotopic (exact) mass is 227 g/mol. The van der Waals surface area contributed by atoms with Crippen LogP contribution in [0.1, 0.15) is 58.8 Å². The molecule has 0 aromatic carbocycles. The topological polar surface area (TPSA) is 21.3 Å². The van der Waals surface area contributed by atoms with E-state index in [1.165, 1.54) is 44.9 Å². The van der Waals surface area contributed by atoms with E-state index < -0.39 is 0 Å². The quantitative estimate of drug-likeness (QED) is 0.686. The lowest BCUT2D eigenvalue weighted by molar-refractivity contribution is 0.0963. The lowest BCUT2D eigenvalue weighted by atomic mass is 9.77. The Morgan fingerprint density at radius 1 is 1.31 bits per heavy atom. The third-order valence-corrected chi connectivity index (χ3v) is 4.31. The van der Waals surface area contributed by atoms with E-state index in [4.69, 9.17) is 4.74 Å². The fraction of sp³-hybridized carbons (Fsp3) is 1.00. The van der Waals surface area contributed by atoms with Crippen LogP contribution in [0, 0.1) is 5.41 Å². The zero-order valence-electron chi connectivity index (χ0n) is 11.3. The van der Waals surface area contributed by atoms with E-state index in [1.54, 1.807) is 0 Å². The van der Waals surface area contributed by atoms with Crippen LogP contribution in [0.2, 0.25) is 0 Å². The zero-order chi connectivity index (χ0) is 11.9. The first kappa shape index (κ1) is 14.0. The summed E-state index contributed by atoms with van der Waals surface area (Å²) in [6, 6.07) is 0. The van der Waals surface area contributed by atoms with Crippen LogP contribution in [0.15, 0.2) is 0 Å². The summed E-state index contributed by atoms with van der Waals surface area (Å²) in [6.07, 6.45) is 9.65. The van der Waals surface area contributed by atoms with Crippen LogP contribution in [0.25, 0.3) is 0 Å². The molecule has 0 aliphatic carbocycles. The van der Waals surface area contributed by atoms with Crippen LogP contribution >= 0.6 is 0 Å². The zero-order valence-corrected chi connectivity index (χ0v) is 11.3. The Hall–Kier alpha value is -0.0800. The second-order valence-corrected chi connectivity index (χ2v) is 5.26. The summed E-state index contributed by atoms with van der Waals surface area (Å²) in [4.78, 5) is 0. The third-order valence-electron chi connectivity index (χ3n) is 4.31. The highest BCUT2D eigenvalue weighted by atomic mass is 16.5. The molecule has 0 spiro atoms. The minimum atomic E-state index is 0.521. The van der Waals surface area contributed by atoms with E-state index >= 15 is 0 Å². The summed E-state index contributed by atoms with van der Waals surface area (Å²) in [5, 5.41) is 3.36. The SMILES string of the molecule is CCC(CC)(CCCC1CCCO1)CNC. The van der Waals surface area contributed by atoms with Gasteiger partial charge in [0.1, 0.15) is 0 Å². The molecule has 1 saturated heterocycles. The van der Waals surface area contributed by atoms with E-state index in [1.807, 2.05) is 0 Å². The van der Waals surface area contributed by atoms with Crippen LogP contribution in [0.3, 0.4) is 0 Å². The number of hydrogen-bond acceptors (Lipinski definition) is 2. The molecule has 1 atom stereocenters. The average Bonchev–Trinajstić information content (AvgIpc) is 2.81. The molecule has 1 aliphatic rings. The molecule has 0 bridgehead atoms. The van der Waals surface area contributed by atoms with Gasteiger partial charge < -0.3 is 10.1 Å². The molecule has 2 nitrogen and oxygen atoms in total. The van der Waals surface area contributed by atoms with Crippen LogP contribution in [0.4, 0.5) is 0 Å². The highest BCUT2D eigenvalue weighted by Crippen LogP contribution is 2.32. The second-order valence-electron chi connectivity index (χ2n) is 5.26. The molecular formula is C14H29NO. The van der Waals surface area contributed by atoms with Crippen molar-refractivity contribution < 1.29 is 4.74 Å². The lowest BCUT2D eigenvalue weighted by Crippen LogP contribution is -2.31. The minimum absolute atomic E-state index is 0.521. The molecule has 1 unspecified atom stereocenters. The Bertz CT molecular complexity index is 172. The Balaban J connectivity index is 2.25. The Morgan fingerprint density at radius 2 is 2.06 bits per heavy atom. The smallest absolute Gasteiger partial charge is 0.0576 e. The van der Waals surface area contributed by atoms with Crippen molar-refractivity contribution in [3.8, 4) is 0 Å². The molecule has 0 amide bonds. The van der Waals surface area contributed by atoms with Crippen molar-refractivity contribution in [3.63, 3.8) is 0 Å². The van der Waals surface area contributed by atoms with Gasteiger partial charge in [0, 0.05) is 13.2 Å². The van der Waals surface area contributed by atoms with Gasteiger partial charge >= 0.3 is 0 Å². The fourth-order valence-corrected chi connectivity index (χ4v) is 2.89. The van der Waals surface area contributed by atoms with E-state index in [2.05, 4.69) is 26.2 Å². The van der Waals surface area contributed by atoms with Crippen molar-refractivity contribution in [3.05, 3.63) is 0 Å². The molecule has 1 aliphatic heterocycles. The van der Waals surface area contributed by atoms with Crippen LogP contribution in [-0.4, -0.2) is 26.3 Å². The molecule has 2 heteroatoms. The first-order chi connectivity index (χ1) is 7.76. The summed E-state index contributed by atoms with van der Waals surface area (Å²) in [7, 11) is 2.07. The van der Waals surface area contributed by atoms with Gasteiger partial charge in [-0.25, -0.2) is 0 Å². The van der Waals surface area contributed by atoms with Gasteiger partial charge in [-0.2, -0.15) is 0 Å². The van der Waals surface area contributed by atoms with Gasteiger partial charge in [-0.05, 0) is 51.0 Å². The summed E-state index contributed by atoms with van der Waals surface area (Å²) in [5.74, 6) is 0. The standard InChI is InChI=1S/C14H29NO/c1-4-14(5-2,12-15-3)10-6-8-13-9-7-11-16-13/h13,15H,4-12H2,1-3H3. The number of ether oxygens (including phenoxy) is 1. The van der Waals surface area contributed by atoms with E-state index in [-0.39, 0.29) is 0 Å². The maximum atomic E-state index is 5.68. The van der Waals surface area contributed by atoms with Crippen molar-refractivity contribution >= 4 is 0 Å². The van der Waals surface area contributed by atoms with Crippen LogP contribution in [-0.2, 0) is 4.74 Å². The van der Waals surface area contributed by atoms with E-state index in [9.17, 15) is 0 Å². The van der Waals surface area contributed by atoms with Crippen molar-refractivity contribution in [1.82, 2.24) is 5.32 Å². The molecular weight excluding hydrogens is 198 g/mol. The molecule has 1 fully saturated rings. The largest absolute Gasteiger partial charge is 0.378 e. The molecule has 0 aromatic rings. The van der Waals surface area contributed by atoms with Gasteiger partial charge in [-0.3, -0.25) is 0 Å². The molecule has 1 N–H and O–H groups in total. The Kier molecular flexibility index (Phi) is 6.37. The molecule has 1 heterocycles. The third kappa shape index (κ3) is 4.06. The fourth-order valence-electron chi connectivity index (χ4n) is 2.89. The normalized spacial score (nSPS) is 21.6. The highest BCUT2D eigenvalue weighted by Gasteiger charge is 2.25. The van der Waals surface area contributed by atoms with Gasteiger partial charge in [0.25, 0.3) is 0 Å². The molecule has 0 saturated carbocycles. The number of nitrogens with one attached hydrogen (secondary N) is 1. The van der Waals surface area contributed by atoms with Crippen LogP contribution in [0.5, 0.6) is 0 Å². The summed E-state index contributed by atoms with van der Waals surface area (Å²) < 4.78 is 5.68. The molecule has 96 valence electrons. The average molecular weight is 227 g/mol. The van der Waals surface area contributed by atoms with Gasteiger partial charge in [-0.1, -0.05) is 20.3 Å². The first-order valence-electron chi connectivity index (χ1n) is 7.02. The second kappa shape index (κ2) is 7.29. The van der Waals surface area contributed by atoms with Crippen molar-refractivity contribution in [2.24, 2.45) is 5.41 Å². The summed E-state index contributed by atoms with van der Waals surface area (Å²) in [5.41, 5.74) is 0.521. The highest BCUT2D eigenvalue weighted by molar-refractivity contribution is 4.79. The van der Waals surface area contributed by atoms with Crippen molar-refractivity contribution in [2.75, 3.05) is 20.2 Å². The van der Waals surface area contributed by atoms with E-state index in [0.29, 0.717) is 11.5 Å². The Morgan fingerprint density at radius 3 is 2.56 bits per heavy atom. The van der Waals surface area contributed by atoms with Gasteiger partial charge in [0.2, 0.25) is 0 Å². The maximum absolute atomic E-state index is 5.68. The summed E-state index contributed by atoms with van der Waals surface area (Å²) in [6.45, 7) is 6.80. The first-order valence-corrected chi connectivity index (χ1v) is 7.02. The summed E-state index contributed by atoms with van der Waals surface area (Å²) >= 11 is 0. The predicted molar refractivity (Wildman–Crippen MR) is 69.8 cm³/mol.